The highest BCUT2D eigenvalue weighted by atomic mass is 28.4. The fraction of sp³-hybridized carbons (Fsp3) is 0.571. The average molecular weight is 288 g/mol. The summed E-state index contributed by atoms with van der Waals surface area (Å²) in [5.74, 6) is -1.39. The second-order valence-electron chi connectivity index (χ2n) is 6.29. The van der Waals surface area contributed by atoms with E-state index < -0.39 is 26.1 Å². The van der Waals surface area contributed by atoms with Gasteiger partial charge in [-0.05, 0) is 35.8 Å². The molecule has 0 aliphatic carbocycles. The number of aliphatic hydroxyl groups excluding tert-OH is 1. The monoisotopic (exact) mass is 288 g/mol. The first-order valence-electron chi connectivity index (χ1n) is 6.31. The molecule has 0 aliphatic heterocycles. The van der Waals surface area contributed by atoms with E-state index in [2.05, 4.69) is 33.9 Å². The summed E-state index contributed by atoms with van der Waals surface area (Å²) in [6.45, 7) is 10.4. The van der Waals surface area contributed by atoms with Crippen molar-refractivity contribution in [3.63, 3.8) is 0 Å². The number of hydrogen-bond donors (Lipinski definition) is 1. The van der Waals surface area contributed by atoms with E-state index >= 15 is 0 Å². The molecule has 1 aromatic carbocycles. The summed E-state index contributed by atoms with van der Waals surface area (Å²) in [5, 5.41) is 9.99. The van der Waals surface area contributed by atoms with E-state index in [0.29, 0.717) is 0 Å². The molecule has 0 saturated heterocycles. The van der Waals surface area contributed by atoms with Crippen molar-refractivity contribution >= 4 is 8.32 Å². The van der Waals surface area contributed by atoms with Gasteiger partial charge in [-0.1, -0.05) is 20.8 Å². The molecule has 0 saturated carbocycles. The van der Waals surface area contributed by atoms with Crippen molar-refractivity contribution < 1.29 is 18.3 Å². The molecular formula is C14H22F2O2Si. The maximum absolute atomic E-state index is 13.1. The van der Waals surface area contributed by atoms with E-state index in [1.165, 1.54) is 0 Å². The molecule has 0 bridgehead atoms. The third kappa shape index (κ3) is 4.37. The summed E-state index contributed by atoms with van der Waals surface area (Å²) in [5.41, 5.74) is 0.205. The van der Waals surface area contributed by atoms with Crippen molar-refractivity contribution in [1.29, 1.82) is 0 Å². The van der Waals surface area contributed by atoms with Crippen LogP contribution < -0.4 is 0 Å². The minimum Gasteiger partial charge on any atom is -0.414 e. The lowest BCUT2D eigenvalue weighted by Gasteiger charge is -2.36. The fourth-order valence-corrected chi connectivity index (χ4v) is 2.38. The first-order chi connectivity index (χ1) is 8.53. The Morgan fingerprint density at radius 1 is 1.16 bits per heavy atom. The average Bonchev–Trinajstić information content (AvgIpc) is 2.23. The minimum atomic E-state index is -1.98. The van der Waals surface area contributed by atoms with Gasteiger partial charge in [-0.2, -0.15) is 0 Å². The van der Waals surface area contributed by atoms with Crippen LogP contribution in [0.5, 0.6) is 0 Å². The zero-order valence-electron chi connectivity index (χ0n) is 12.1. The Kier molecular flexibility index (Phi) is 4.87. The molecule has 0 aliphatic rings. The van der Waals surface area contributed by atoms with Crippen LogP contribution in [0, 0.1) is 11.6 Å². The lowest BCUT2D eigenvalue weighted by atomic mass is 10.1. The van der Waals surface area contributed by atoms with Crippen molar-refractivity contribution in [3.05, 3.63) is 35.4 Å². The summed E-state index contributed by atoms with van der Waals surface area (Å²) in [6, 6.07) is 3.04. The number of rotatable bonds is 4. The Labute approximate surface area is 114 Å². The molecule has 1 unspecified atom stereocenters. The van der Waals surface area contributed by atoms with Crippen molar-refractivity contribution in [2.24, 2.45) is 0 Å². The van der Waals surface area contributed by atoms with Crippen LogP contribution in [0.15, 0.2) is 18.2 Å². The van der Waals surface area contributed by atoms with Crippen molar-refractivity contribution in [1.82, 2.24) is 0 Å². The number of hydrogen-bond acceptors (Lipinski definition) is 2. The molecule has 2 nitrogen and oxygen atoms in total. The molecule has 0 amide bonds. The van der Waals surface area contributed by atoms with Crippen molar-refractivity contribution in [2.45, 2.75) is 45.0 Å². The summed E-state index contributed by atoms with van der Waals surface area (Å²) >= 11 is 0. The Bertz CT molecular complexity index is 421. The van der Waals surface area contributed by atoms with Gasteiger partial charge in [-0.3, -0.25) is 0 Å². The van der Waals surface area contributed by atoms with E-state index in [9.17, 15) is 13.9 Å². The fourth-order valence-electron chi connectivity index (χ4n) is 1.37. The van der Waals surface area contributed by atoms with Gasteiger partial charge in [0.05, 0.1) is 6.61 Å². The molecular weight excluding hydrogens is 266 g/mol. The largest absolute Gasteiger partial charge is 0.414 e. The first kappa shape index (κ1) is 16.3. The maximum Gasteiger partial charge on any atom is 0.192 e. The normalized spacial score (nSPS) is 14.5. The number of aliphatic hydroxyl groups is 1. The number of halogens is 2. The van der Waals surface area contributed by atoms with E-state index in [1.54, 1.807) is 0 Å². The van der Waals surface area contributed by atoms with Gasteiger partial charge in [0, 0.05) is 6.07 Å². The molecule has 1 aromatic rings. The molecule has 5 heteroatoms. The molecule has 0 spiro atoms. The van der Waals surface area contributed by atoms with Crippen LogP contribution in [0.25, 0.3) is 0 Å². The highest BCUT2D eigenvalue weighted by Gasteiger charge is 2.37. The smallest absolute Gasteiger partial charge is 0.192 e. The molecule has 1 N–H and O–H groups in total. The standard InChI is InChI=1S/C14H22F2O2Si/c1-14(2,3)19(4,5)18-9-13(17)10-6-11(15)8-12(16)7-10/h6-8,13,17H,9H2,1-5H3. The van der Waals surface area contributed by atoms with Gasteiger partial charge in [0.1, 0.15) is 17.7 Å². The summed E-state index contributed by atoms with van der Waals surface area (Å²) in [7, 11) is -1.98. The molecule has 1 atom stereocenters. The summed E-state index contributed by atoms with van der Waals surface area (Å²) in [4.78, 5) is 0. The second kappa shape index (κ2) is 5.69. The lowest BCUT2D eigenvalue weighted by molar-refractivity contribution is 0.0998. The van der Waals surface area contributed by atoms with Gasteiger partial charge in [0.25, 0.3) is 0 Å². The van der Waals surface area contributed by atoms with Gasteiger partial charge in [-0.15, -0.1) is 0 Å². The van der Waals surface area contributed by atoms with Gasteiger partial charge in [0.2, 0.25) is 0 Å². The zero-order valence-corrected chi connectivity index (χ0v) is 13.1. The summed E-state index contributed by atoms with van der Waals surface area (Å²) in [6.07, 6.45) is -1.01. The quantitative estimate of drug-likeness (QED) is 0.848. The SMILES string of the molecule is CC(C)(C)[Si](C)(C)OCC(O)c1cc(F)cc(F)c1. The zero-order chi connectivity index (χ0) is 14.8. The van der Waals surface area contributed by atoms with Crippen LogP contribution in [0.4, 0.5) is 8.78 Å². The van der Waals surface area contributed by atoms with Crippen LogP contribution in [0.3, 0.4) is 0 Å². The van der Waals surface area contributed by atoms with Gasteiger partial charge >= 0.3 is 0 Å². The Balaban J connectivity index is 2.73. The molecule has 1 rings (SSSR count). The van der Waals surface area contributed by atoms with Crippen LogP contribution in [0.1, 0.15) is 32.4 Å². The Morgan fingerprint density at radius 2 is 1.63 bits per heavy atom. The topological polar surface area (TPSA) is 29.5 Å². The van der Waals surface area contributed by atoms with Crippen LogP contribution in [-0.2, 0) is 4.43 Å². The summed E-state index contributed by atoms with van der Waals surface area (Å²) < 4.78 is 32.0. The lowest BCUT2D eigenvalue weighted by Crippen LogP contribution is -2.41. The predicted octanol–water partition coefficient (Wildman–Crippen LogP) is 4.02. The second-order valence-corrected chi connectivity index (χ2v) is 11.1. The molecule has 19 heavy (non-hydrogen) atoms. The molecule has 0 radical (unpaired) electrons. The highest BCUT2D eigenvalue weighted by Crippen LogP contribution is 2.37. The minimum absolute atomic E-state index is 0.0277. The third-order valence-corrected chi connectivity index (χ3v) is 8.18. The molecule has 0 fully saturated rings. The van der Waals surface area contributed by atoms with Crippen LogP contribution >= 0.6 is 0 Å². The Hall–Kier alpha value is -0.783. The Morgan fingerprint density at radius 3 is 2.05 bits per heavy atom. The van der Waals surface area contributed by atoms with Crippen molar-refractivity contribution in [3.8, 4) is 0 Å². The van der Waals surface area contributed by atoms with E-state index in [4.69, 9.17) is 4.43 Å². The first-order valence-corrected chi connectivity index (χ1v) is 9.22. The van der Waals surface area contributed by atoms with E-state index in [-0.39, 0.29) is 17.2 Å². The van der Waals surface area contributed by atoms with Crippen LogP contribution in [-0.4, -0.2) is 20.0 Å². The molecule has 108 valence electrons. The molecule has 0 heterocycles. The third-order valence-electron chi connectivity index (χ3n) is 3.68. The van der Waals surface area contributed by atoms with Crippen molar-refractivity contribution in [2.75, 3.05) is 6.61 Å². The number of benzene rings is 1. The van der Waals surface area contributed by atoms with E-state index in [1.807, 2.05) is 0 Å². The van der Waals surface area contributed by atoms with Gasteiger partial charge in [-0.25, -0.2) is 8.78 Å². The highest BCUT2D eigenvalue weighted by molar-refractivity contribution is 6.74. The maximum atomic E-state index is 13.1. The van der Waals surface area contributed by atoms with Gasteiger partial charge < -0.3 is 9.53 Å². The van der Waals surface area contributed by atoms with Gasteiger partial charge in [0.15, 0.2) is 8.32 Å². The predicted molar refractivity (Wildman–Crippen MR) is 74.5 cm³/mol. The molecule has 0 aromatic heterocycles. The van der Waals surface area contributed by atoms with E-state index in [0.717, 1.165) is 18.2 Å². The van der Waals surface area contributed by atoms with Crippen LogP contribution in [0.2, 0.25) is 18.1 Å².